The number of nitrogens with one attached hydrogen (secondary N) is 1. The summed E-state index contributed by atoms with van der Waals surface area (Å²) in [5.41, 5.74) is 5.31. The van der Waals surface area contributed by atoms with Gasteiger partial charge in [0, 0.05) is 56.1 Å². The van der Waals surface area contributed by atoms with Crippen molar-refractivity contribution >= 4 is 17.5 Å². The first-order valence-electron chi connectivity index (χ1n) is 9.53. The van der Waals surface area contributed by atoms with Crippen LogP contribution in [0.15, 0.2) is 49.1 Å². The van der Waals surface area contributed by atoms with Crippen LogP contribution in [-0.4, -0.2) is 40.9 Å². The number of fused-ring (bicyclic) bond motifs is 1. The lowest BCUT2D eigenvalue weighted by Gasteiger charge is -2.26. The predicted molar refractivity (Wildman–Crippen MR) is 111 cm³/mol. The van der Waals surface area contributed by atoms with Crippen molar-refractivity contribution in [2.45, 2.75) is 19.4 Å². The first-order chi connectivity index (χ1) is 14.5. The van der Waals surface area contributed by atoms with Crippen LogP contribution in [0.1, 0.15) is 27.9 Å². The summed E-state index contributed by atoms with van der Waals surface area (Å²) in [6, 6.07) is 8.27. The molecule has 2 aromatic heterocycles. The fourth-order valence-corrected chi connectivity index (χ4v) is 3.40. The Balaban J connectivity index is 1.47. The second kappa shape index (κ2) is 8.28. The first-order valence-corrected chi connectivity index (χ1v) is 9.53. The van der Waals surface area contributed by atoms with Crippen molar-refractivity contribution in [3.05, 3.63) is 65.7 Å². The van der Waals surface area contributed by atoms with Gasteiger partial charge in [-0.3, -0.25) is 14.6 Å². The van der Waals surface area contributed by atoms with Gasteiger partial charge in [-0.05, 0) is 41.3 Å². The number of hydrogen-bond acceptors (Lipinski definition) is 6. The smallest absolute Gasteiger partial charge is 0.316 e. The normalized spacial score (nSPS) is 13.0. The zero-order valence-corrected chi connectivity index (χ0v) is 16.8. The molecule has 4 rings (SSSR count). The molecular formula is C22H21N5O3. The lowest BCUT2D eigenvalue weighted by molar-refractivity contribution is -0.118. The van der Waals surface area contributed by atoms with Crippen LogP contribution in [0.25, 0.3) is 11.1 Å². The van der Waals surface area contributed by atoms with E-state index in [0.29, 0.717) is 18.5 Å². The molecule has 1 N–H and O–H groups in total. The molecule has 152 valence electrons. The third kappa shape index (κ3) is 3.98. The number of hydrogen-bond donors (Lipinski definition) is 1. The van der Waals surface area contributed by atoms with Crippen LogP contribution in [0.4, 0.5) is 5.69 Å². The number of aromatic nitrogens is 3. The molecule has 0 unspecified atom stereocenters. The monoisotopic (exact) mass is 403 g/mol. The summed E-state index contributed by atoms with van der Waals surface area (Å²) in [4.78, 5) is 38.1. The van der Waals surface area contributed by atoms with Gasteiger partial charge in [-0.15, -0.1) is 0 Å². The Morgan fingerprint density at radius 2 is 1.90 bits per heavy atom. The molecule has 1 aromatic carbocycles. The van der Waals surface area contributed by atoms with E-state index in [1.807, 2.05) is 18.2 Å². The number of anilines is 1. The molecule has 0 bridgehead atoms. The van der Waals surface area contributed by atoms with Crippen molar-refractivity contribution in [3.8, 4) is 17.1 Å². The van der Waals surface area contributed by atoms with E-state index in [0.717, 1.165) is 34.4 Å². The van der Waals surface area contributed by atoms with Crippen LogP contribution in [0.5, 0.6) is 6.01 Å². The third-order valence-corrected chi connectivity index (χ3v) is 5.08. The molecule has 0 radical (unpaired) electrons. The second-order valence-electron chi connectivity index (χ2n) is 7.02. The number of aryl methyl sites for hydroxylation is 1. The van der Waals surface area contributed by atoms with Crippen LogP contribution in [-0.2, 0) is 17.8 Å². The summed E-state index contributed by atoms with van der Waals surface area (Å²) < 4.78 is 4.90. The molecule has 8 nitrogen and oxygen atoms in total. The van der Waals surface area contributed by atoms with Crippen LogP contribution < -0.4 is 15.0 Å². The van der Waals surface area contributed by atoms with Crippen LogP contribution in [0, 0.1) is 0 Å². The van der Waals surface area contributed by atoms with Gasteiger partial charge in [0.25, 0.3) is 5.91 Å². The third-order valence-electron chi connectivity index (χ3n) is 5.08. The minimum Gasteiger partial charge on any atom is -0.467 e. The molecule has 0 atom stereocenters. The van der Waals surface area contributed by atoms with Gasteiger partial charge in [0.15, 0.2) is 0 Å². The molecule has 2 amide bonds. The van der Waals surface area contributed by atoms with E-state index in [1.165, 1.54) is 19.5 Å². The SMILES string of the molecule is COc1ncc(C(=O)NCc2cncc(-c3ccc4c(c3)CCC(=O)N4C)c2)cn1. The van der Waals surface area contributed by atoms with Gasteiger partial charge in [-0.2, -0.15) is 0 Å². The number of carbonyl (C=O) groups excluding carboxylic acids is 2. The minimum atomic E-state index is -0.274. The largest absolute Gasteiger partial charge is 0.467 e. The topological polar surface area (TPSA) is 97.3 Å². The van der Waals surface area contributed by atoms with Gasteiger partial charge in [-0.1, -0.05) is 6.07 Å². The highest BCUT2D eigenvalue weighted by Crippen LogP contribution is 2.31. The molecule has 0 aliphatic carbocycles. The molecule has 0 fully saturated rings. The van der Waals surface area contributed by atoms with Gasteiger partial charge in [0.2, 0.25) is 5.91 Å². The second-order valence-corrected chi connectivity index (χ2v) is 7.02. The number of carbonyl (C=O) groups is 2. The van der Waals surface area contributed by atoms with Crippen LogP contribution in [0.3, 0.4) is 0 Å². The van der Waals surface area contributed by atoms with Gasteiger partial charge < -0.3 is 15.0 Å². The van der Waals surface area contributed by atoms with E-state index in [4.69, 9.17) is 4.74 Å². The molecule has 3 heterocycles. The van der Waals surface area contributed by atoms with E-state index in [2.05, 4.69) is 26.3 Å². The summed E-state index contributed by atoms with van der Waals surface area (Å²) in [7, 11) is 3.27. The van der Waals surface area contributed by atoms with Crippen molar-refractivity contribution in [2.75, 3.05) is 19.1 Å². The highest BCUT2D eigenvalue weighted by Gasteiger charge is 2.21. The average molecular weight is 403 g/mol. The van der Waals surface area contributed by atoms with Crippen LogP contribution >= 0.6 is 0 Å². The standard InChI is InChI=1S/C22H21N5O3/c1-27-19-5-3-15(8-16(19)4-6-20(27)28)17-7-14(9-23-11-17)10-24-21(29)18-12-25-22(30-2)26-13-18/h3,5,7-9,11-13H,4,6,10H2,1-2H3,(H,24,29). The van der Waals surface area contributed by atoms with Gasteiger partial charge in [0.1, 0.15) is 0 Å². The molecule has 1 aliphatic heterocycles. The lowest BCUT2D eigenvalue weighted by Crippen LogP contribution is -2.30. The summed E-state index contributed by atoms with van der Waals surface area (Å²) in [5, 5.41) is 2.85. The number of ether oxygens (including phenoxy) is 1. The highest BCUT2D eigenvalue weighted by atomic mass is 16.5. The van der Waals surface area contributed by atoms with E-state index < -0.39 is 0 Å². The molecule has 0 saturated heterocycles. The van der Waals surface area contributed by atoms with Gasteiger partial charge >= 0.3 is 6.01 Å². The summed E-state index contributed by atoms with van der Waals surface area (Å²) in [6.45, 7) is 0.327. The Morgan fingerprint density at radius 3 is 2.67 bits per heavy atom. The molecule has 0 spiro atoms. The zero-order chi connectivity index (χ0) is 21.1. The molecule has 0 saturated carbocycles. The van der Waals surface area contributed by atoms with E-state index >= 15 is 0 Å². The number of pyridine rings is 1. The number of benzene rings is 1. The molecule has 8 heteroatoms. The maximum Gasteiger partial charge on any atom is 0.316 e. The van der Waals surface area contributed by atoms with Crippen molar-refractivity contribution < 1.29 is 14.3 Å². The number of rotatable bonds is 5. The molecule has 30 heavy (non-hydrogen) atoms. The van der Waals surface area contributed by atoms with E-state index in [1.54, 1.807) is 24.3 Å². The quantitative estimate of drug-likeness (QED) is 0.703. The Morgan fingerprint density at radius 1 is 1.10 bits per heavy atom. The summed E-state index contributed by atoms with van der Waals surface area (Å²) in [5.74, 6) is -0.138. The van der Waals surface area contributed by atoms with E-state index in [9.17, 15) is 9.59 Å². The molecule has 3 aromatic rings. The van der Waals surface area contributed by atoms with Crippen molar-refractivity contribution in [1.82, 2.24) is 20.3 Å². The maximum absolute atomic E-state index is 12.3. The summed E-state index contributed by atoms with van der Waals surface area (Å²) >= 11 is 0. The Hall–Kier alpha value is -3.81. The average Bonchev–Trinajstić information content (AvgIpc) is 2.80. The van der Waals surface area contributed by atoms with Crippen molar-refractivity contribution in [2.24, 2.45) is 0 Å². The minimum absolute atomic E-state index is 0.136. The lowest BCUT2D eigenvalue weighted by atomic mass is 9.96. The molecule has 1 aliphatic rings. The van der Waals surface area contributed by atoms with Crippen LogP contribution in [0.2, 0.25) is 0 Å². The van der Waals surface area contributed by atoms with Crippen molar-refractivity contribution in [3.63, 3.8) is 0 Å². The van der Waals surface area contributed by atoms with Gasteiger partial charge in [-0.25, -0.2) is 9.97 Å². The first kappa shape index (κ1) is 19.5. The highest BCUT2D eigenvalue weighted by molar-refractivity contribution is 5.96. The predicted octanol–water partition coefficient (Wildman–Crippen LogP) is 2.39. The Kier molecular flexibility index (Phi) is 5.38. The van der Waals surface area contributed by atoms with Crippen molar-refractivity contribution in [1.29, 1.82) is 0 Å². The fourth-order valence-electron chi connectivity index (χ4n) is 3.40. The Bertz CT molecular complexity index is 1100. The fraction of sp³-hybridized carbons (Fsp3) is 0.227. The number of methoxy groups -OCH3 is 1. The Labute approximate surface area is 173 Å². The number of amides is 2. The molecular weight excluding hydrogens is 382 g/mol. The van der Waals surface area contributed by atoms with Gasteiger partial charge in [0.05, 0.1) is 12.7 Å². The summed E-state index contributed by atoms with van der Waals surface area (Å²) in [6.07, 6.45) is 7.61. The van der Waals surface area contributed by atoms with E-state index in [-0.39, 0.29) is 17.8 Å². The maximum atomic E-state index is 12.3. The number of nitrogens with zero attached hydrogens (tertiary/aromatic N) is 4. The zero-order valence-electron chi connectivity index (χ0n) is 16.8.